The van der Waals surface area contributed by atoms with Gasteiger partial charge in [0, 0.05) is 37.7 Å². The van der Waals surface area contributed by atoms with Crippen molar-refractivity contribution in [2.45, 2.75) is 6.92 Å². The van der Waals surface area contributed by atoms with E-state index in [-0.39, 0.29) is 0 Å². The van der Waals surface area contributed by atoms with Crippen molar-refractivity contribution in [3.05, 3.63) is 23.1 Å². The van der Waals surface area contributed by atoms with Crippen molar-refractivity contribution >= 4 is 49.2 Å². The molecule has 0 aromatic carbocycles. The second-order valence-corrected chi connectivity index (χ2v) is 7.02. The Morgan fingerprint density at radius 1 is 1.36 bits per heavy atom. The number of fused-ring (bicyclic) bond motifs is 3. The molecule has 0 saturated carbocycles. The van der Waals surface area contributed by atoms with Gasteiger partial charge in [0.1, 0.15) is 17.0 Å². The Morgan fingerprint density at radius 2 is 2.18 bits per heavy atom. The molecule has 1 aliphatic heterocycles. The first-order valence-electron chi connectivity index (χ1n) is 7.11. The van der Waals surface area contributed by atoms with E-state index in [1.807, 2.05) is 6.92 Å². The van der Waals surface area contributed by atoms with Crippen LogP contribution in [0, 0.1) is 12.8 Å². The smallest absolute Gasteiger partial charge is 0.150 e. The third-order valence-corrected chi connectivity index (χ3v) is 5.59. The highest BCUT2D eigenvalue weighted by Gasteiger charge is 2.30. The molecule has 1 saturated heterocycles. The Kier molecular flexibility index (Phi) is 3.40. The van der Waals surface area contributed by atoms with Crippen molar-refractivity contribution in [3.8, 4) is 0 Å². The van der Waals surface area contributed by atoms with Gasteiger partial charge >= 0.3 is 0 Å². The highest BCUT2D eigenvalue weighted by atomic mass is 35.5. The number of halogens is 1. The summed E-state index contributed by atoms with van der Waals surface area (Å²) in [5.74, 6) is 1.58. The Balaban J connectivity index is 1.83. The van der Waals surface area contributed by atoms with Crippen LogP contribution >= 0.6 is 22.9 Å². The van der Waals surface area contributed by atoms with Gasteiger partial charge in [-0.25, -0.2) is 15.0 Å². The van der Waals surface area contributed by atoms with Crippen LogP contribution in [-0.2, 0) is 4.74 Å². The molecule has 0 radical (unpaired) electrons. The van der Waals surface area contributed by atoms with E-state index in [9.17, 15) is 0 Å². The normalized spacial score (nSPS) is 15.7. The molecule has 5 nitrogen and oxygen atoms in total. The predicted octanol–water partition coefficient (Wildman–Crippen LogP) is 3.28. The average molecular weight is 335 g/mol. The van der Waals surface area contributed by atoms with Gasteiger partial charge in [0.05, 0.1) is 21.8 Å². The Hall–Kier alpha value is -1.50. The maximum atomic E-state index is 6.21. The zero-order chi connectivity index (χ0) is 15.3. The fraction of sp³-hybridized carbons (Fsp3) is 0.400. The maximum absolute atomic E-state index is 6.21. The molecular weight excluding hydrogens is 320 g/mol. The third kappa shape index (κ3) is 2.06. The van der Waals surface area contributed by atoms with Gasteiger partial charge in [-0.05, 0) is 12.5 Å². The van der Waals surface area contributed by atoms with Crippen molar-refractivity contribution in [1.29, 1.82) is 0 Å². The molecule has 0 bridgehead atoms. The van der Waals surface area contributed by atoms with Crippen LogP contribution in [0.4, 0.5) is 5.82 Å². The second kappa shape index (κ2) is 5.30. The lowest BCUT2D eigenvalue weighted by atomic mass is 10.0. The highest BCUT2D eigenvalue weighted by Crippen LogP contribution is 2.40. The third-order valence-electron chi connectivity index (χ3n) is 4.12. The number of hydrogen-bond acceptors (Lipinski definition) is 6. The van der Waals surface area contributed by atoms with E-state index in [0.29, 0.717) is 10.9 Å². The topological polar surface area (TPSA) is 51.1 Å². The number of methoxy groups -OCH3 is 1. The summed E-state index contributed by atoms with van der Waals surface area (Å²) in [5.41, 5.74) is 1.98. The Labute approximate surface area is 136 Å². The lowest BCUT2D eigenvalue weighted by Gasteiger charge is -2.39. The Morgan fingerprint density at radius 3 is 2.95 bits per heavy atom. The average Bonchev–Trinajstić information content (AvgIpc) is 2.86. The minimum Gasteiger partial charge on any atom is -0.384 e. The van der Waals surface area contributed by atoms with Crippen LogP contribution in [0.25, 0.3) is 20.4 Å². The van der Waals surface area contributed by atoms with E-state index in [4.69, 9.17) is 16.3 Å². The number of pyridine rings is 1. The monoisotopic (exact) mass is 334 g/mol. The summed E-state index contributed by atoms with van der Waals surface area (Å²) in [6.45, 7) is 4.76. The van der Waals surface area contributed by atoms with Crippen molar-refractivity contribution in [3.63, 3.8) is 0 Å². The van der Waals surface area contributed by atoms with E-state index >= 15 is 0 Å². The molecule has 4 rings (SSSR count). The second-order valence-electron chi connectivity index (χ2n) is 5.61. The van der Waals surface area contributed by atoms with Crippen molar-refractivity contribution in [2.24, 2.45) is 5.92 Å². The van der Waals surface area contributed by atoms with E-state index < -0.39 is 0 Å². The molecule has 3 aromatic heterocycles. The number of thiophene rings is 1. The number of anilines is 1. The molecule has 1 fully saturated rings. The van der Waals surface area contributed by atoms with Gasteiger partial charge in [-0.2, -0.15) is 0 Å². The molecule has 0 aliphatic carbocycles. The molecule has 1 aliphatic rings. The summed E-state index contributed by atoms with van der Waals surface area (Å²) in [7, 11) is 1.75. The zero-order valence-electron chi connectivity index (χ0n) is 12.3. The van der Waals surface area contributed by atoms with Gasteiger partial charge in [-0.3, -0.25) is 0 Å². The maximum Gasteiger partial charge on any atom is 0.150 e. The van der Waals surface area contributed by atoms with Crippen LogP contribution in [0.1, 0.15) is 5.56 Å². The quantitative estimate of drug-likeness (QED) is 0.735. The fourth-order valence-corrected chi connectivity index (χ4v) is 4.27. The van der Waals surface area contributed by atoms with E-state index in [1.165, 1.54) is 0 Å². The zero-order valence-corrected chi connectivity index (χ0v) is 13.9. The van der Waals surface area contributed by atoms with Crippen molar-refractivity contribution < 1.29 is 4.74 Å². The predicted molar refractivity (Wildman–Crippen MR) is 90.0 cm³/mol. The molecule has 0 atom stereocenters. The van der Waals surface area contributed by atoms with Crippen molar-refractivity contribution in [2.75, 3.05) is 31.7 Å². The summed E-state index contributed by atoms with van der Waals surface area (Å²) in [5, 5.41) is 1.72. The first-order valence-corrected chi connectivity index (χ1v) is 8.30. The SMILES string of the molecule is COCC1CN(c2ncnc3c2sc2ncc(Cl)c(C)c23)C1. The molecule has 4 heterocycles. The first-order chi connectivity index (χ1) is 10.7. The fourth-order valence-electron chi connectivity index (χ4n) is 2.96. The molecule has 7 heteroatoms. The molecule has 22 heavy (non-hydrogen) atoms. The van der Waals surface area contributed by atoms with Crippen LogP contribution in [0.15, 0.2) is 12.5 Å². The number of rotatable bonds is 3. The summed E-state index contributed by atoms with van der Waals surface area (Å²) in [6.07, 6.45) is 3.34. The van der Waals surface area contributed by atoms with Crippen LogP contribution in [0.3, 0.4) is 0 Å². The van der Waals surface area contributed by atoms with Crippen LogP contribution in [0.5, 0.6) is 0 Å². The van der Waals surface area contributed by atoms with Gasteiger partial charge in [-0.1, -0.05) is 11.6 Å². The summed E-state index contributed by atoms with van der Waals surface area (Å²) in [6, 6.07) is 0. The minimum atomic E-state index is 0.582. The Bertz CT molecular complexity index is 859. The number of ether oxygens (including phenoxy) is 1. The first kappa shape index (κ1) is 14.1. The lowest BCUT2D eigenvalue weighted by Crippen LogP contribution is -2.49. The molecule has 114 valence electrons. The van der Waals surface area contributed by atoms with Gasteiger partial charge in [0.25, 0.3) is 0 Å². The number of hydrogen-bond donors (Lipinski definition) is 0. The standard InChI is InChI=1S/C15H15ClN4OS/c1-8-10(16)3-17-15-11(8)12-13(22-15)14(19-7-18-12)20-4-9(5-20)6-21-2/h3,7,9H,4-6H2,1-2H3. The van der Waals surface area contributed by atoms with Gasteiger partial charge in [0.2, 0.25) is 0 Å². The molecule has 3 aromatic rings. The number of aryl methyl sites for hydroxylation is 1. The van der Waals surface area contributed by atoms with E-state index in [2.05, 4.69) is 19.9 Å². The molecule has 0 N–H and O–H groups in total. The minimum absolute atomic E-state index is 0.582. The highest BCUT2D eigenvalue weighted by molar-refractivity contribution is 7.26. The largest absolute Gasteiger partial charge is 0.384 e. The van der Waals surface area contributed by atoms with Gasteiger partial charge in [-0.15, -0.1) is 11.3 Å². The molecule has 0 amide bonds. The van der Waals surface area contributed by atoms with E-state index in [0.717, 1.165) is 51.5 Å². The van der Waals surface area contributed by atoms with Crippen LogP contribution in [-0.4, -0.2) is 41.8 Å². The van der Waals surface area contributed by atoms with Crippen LogP contribution < -0.4 is 4.90 Å². The van der Waals surface area contributed by atoms with Gasteiger partial charge < -0.3 is 9.64 Å². The summed E-state index contributed by atoms with van der Waals surface area (Å²) in [4.78, 5) is 16.7. The molecular formula is C15H15ClN4OS. The molecule has 0 spiro atoms. The number of nitrogens with zero attached hydrogens (tertiary/aromatic N) is 4. The number of aromatic nitrogens is 3. The summed E-state index contributed by atoms with van der Waals surface area (Å²) < 4.78 is 6.30. The van der Waals surface area contributed by atoms with Crippen LogP contribution in [0.2, 0.25) is 5.02 Å². The lowest BCUT2D eigenvalue weighted by molar-refractivity contribution is 0.137. The molecule has 0 unspecified atom stereocenters. The summed E-state index contributed by atoms with van der Waals surface area (Å²) >= 11 is 7.85. The van der Waals surface area contributed by atoms with E-state index in [1.54, 1.807) is 31.0 Å². The van der Waals surface area contributed by atoms with Crippen molar-refractivity contribution in [1.82, 2.24) is 15.0 Å². The van der Waals surface area contributed by atoms with Gasteiger partial charge in [0.15, 0.2) is 0 Å².